The smallest absolute Gasteiger partial charge is 0.339 e. The maximum absolute atomic E-state index is 11.4. The Morgan fingerprint density at radius 1 is 1.40 bits per heavy atom. The molecule has 0 aliphatic heterocycles. The van der Waals surface area contributed by atoms with Crippen molar-refractivity contribution in [2.45, 2.75) is 51.9 Å². The summed E-state index contributed by atoms with van der Waals surface area (Å²) in [4.78, 5) is 16.0. The summed E-state index contributed by atoms with van der Waals surface area (Å²) < 4.78 is 0. The van der Waals surface area contributed by atoms with Crippen LogP contribution in [-0.2, 0) is 12.8 Å². The summed E-state index contributed by atoms with van der Waals surface area (Å²) in [6.07, 6.45) is 7.94. The number of pyridine rings is 1. The van der Waals surface area contributed by atoms with Gasteiger partial charge in [0.25, 0.3) is 0 Å². The van der Waals surface area contributed by atoms with E-state index < -0.39 is 5.97 Å². The van der Waals surface area contributed by atoms with Gasteiger partial charge in [0.2, 0.25) is 0 Å². The van der Waals surface area contributed by atoms with Gasteiger partial charge in [-0.3, -0.25) is 0 Å². The van der Waals surface area contributed by atoms with Gasteiger partial charge in [-0.1, -0.05) is 13.3 Å². The number of anilines is 1. The van der Waals surface area contributed by atoms with Crippen LogP contribution in [0.4, 0.5) is 5.82 Å². The molecular formula is C16H22N2O2. The second-order valence-corrected chi connectivity index (χ2v) is 6.21. The summed E-state index contributed by atoms with van der Waals surface area (Å²) in [7, 11) is 0. The van der Waals surface area contributed by atoms with E-state index in [4.69, 9.17) is 0 Å². The van der Waals surface area contributed by atoms with Gasteiger partial charge in [-0.25, -0.2) is 9.78 Å². The quantitative estimate of drug-likeness (QED) is 0.865. The van der Waals surface area contributed by atoms with E-state index in [0.717, 1.165) is 43.5 Å². The van der Waals surface area contributed by atoms with Crippen molar-refractivity contribution in [1.82, 2.24) is 4.98 Å². The van der Waals surface area contributed by atoms with E-state index >= 15 is 0 Å². The average molecular weight is 274 g/mol. The number of aryl methyl sites for hydroxylation is 2. The lowest BCUT2D eigenvalue weighted by atomic mass is 9.67. The molecule has 4 heteroatoms. The number of nitrogens with zero attached hydrogens (tertiary/aromatic N) is 1. The largest absolute Gasteiger partial charge is 0.478 e. The second-order valence-electron chi connectivity index (χ2n) is 6.21. The van der Waals surface area contributed by atoms with E-state index in [9.17, 15) is 9.90 Å². The molecule has 2 aliphatic carbocycles. The Labute approximate surface area is 119 Å². The van der Waals surface area contributed by atoms with E-state index in [0.29, 0.717) is 16.8 Å². The number of carboxylic acid groups (broad SMARTS) is 1. The van der Waals surface area contributed by atoms with Crippen molar-refractivity contribution in [2.24, 2.45) is 5.41 Å². The molecule has 0 atom stereocenters. The fourth-order valence-corrected chi connectivity index (χ4v) is 3.37. The molecule has 0 bridgehead atoms. The number of nitrogens with one attached hydrogen (secondary N) is 1. The maximum Gasteiger partial charge on any atom is 0.339 e. The average Bonchev–Trinajstić information content (AvgIpc) is 2.84. The van der Waals surface area contributed by atoms with Crippen molar-refractivity contribution in [3.05, 3.63) is 22.9 Å². The Morgan fingerprint density at radius 3 is 2.80 bits per heavy atom. The first-order valence-electron chi connectivity index (χ1n) is 7.63. The predicted octanol–water partition coefficient (Wildman–Crippen LogP) is 3.26. The van der Waals surface area contributed by atoms with Gasteiger partial charge in [0.15, 0.2) is 0 Å². The first-order chi connectivity index (χ1) is 9.63. The van der Waals surface area contributed by atoms with Gasteiger partial charge in [0.05, 0.1) is 0 Å². The van der Waals surface area contributed by atoms with Gasteiger partial charge in [-0.05, 0) is 55.6 Å². The monoisotopic (exact) mass is 274 g/mol. The standard InChI is InChI=1S/C16H22N2O2/c1-2-16(7-4-8-16)10-17-14-12(15(19)20)9-11-5-3-6-13(11)18-14/h9H,2-8,10H2,1H3,(H,17,18)(H,19,20). The van der Waals surface area contributed by atoms with Crippen LogP contribution in [0.2, 0.25) is 0 Å². The van der Waals surface area contributed by atoms with Gasteiger partial charge in [0, 0.05) is 12.2 Å². The summed E-state index contributed by atoms with van der Waals surface area (Å²) in [5, 5.41) is 12.7. The van der Waals surface area contributed by atoms with Crippen LogP contribution >= 0.6 is 0 Å². The van der Waals surface area contributed by atoms with Gasteiger partial charge >= 0.3 is 5.97 Å². The van der Waals surface area contributed by atoms with E-state index in [1.54, 1.807) is 0 Å². The summed E-state index contributed by atoms with van der Waals surface area (Å²) in [5.74, 6) is -0.313. The highest BCUT2D eigenvalue weighted by molar-refractivity contribution is 5.93. The van der Waals surface area contributed by atoms with Gasteiger partial charge < -0.3 is 10.4 Å². The fraction of sp³-hybridized carbons (Fsp3) is 0.625. The number of hydrogen-bond donors (Lipinski definition) is 2. The van der Waals surface area contributed by atoms with Crippen molar-refractivity contribution in [3.8, 4) is 0 Å². The molecule has 1 fully saturated rings. The van der Waals surface area contributed by atoms with Crippen molar-refractivity contribution in [1.29, 1.82) is 0 Å². The molecule has 20 heavy (non-hydrogen) atoms. The lowest BCUT2D eigenvalue weighted by Gasteiger charge is -2.41. The molecular weight excluding hydrogens is 252 g/mol. The van der Waals surface area contributed by atoms with Crippen molar-refractivity contribution in [2.75, 3.05) is 11.9 Å². The number of hydrogen-bond acceptors (Lipinski definition) is 3. The highest BCUT2D eigenvalue weighted by Gasteiger charge is 2.35. The molecule has 1 aromatic rings. The maximum atomic E-state index is 11.4. The van der Waals surface area contributed by atoms with Gasteiger partial charge in [-0.15, -0.1) is 0 Å². The Morgan fingerprint density at radius 2 is 2.20 bits per heavy atom. The van der Waals surface area contributed by atoms with E-state index in [1.165, 1.54) is 19.3 Å². The zero-order chi connectivity index (χ0) is 14.2. The summed E-state index contributed by atoms with van der Waals surface area (Å²) >= 11 is 0. The summed E-state index contributed by atoms with van der Waals surface area (Å²) in [6.45, 7) is 3.06. The lowest BCUT2D eigenvalue weighted by Crippen LogP contribution is -2.36. The number of aromatic nitrogens is 1. The third-order valence-corrected chi connectivity index (χ3v) is 5.08. The van der Waals surface area contributed by atoms with Gasteiger partial charge in [-0.2, -0.15) is 0 Å². The molecule has 2 aliphatic rings. The highest BCUT2D eigenvalue weighted by atomic mass is 16.4. The second kappa shape index (κ2) is 5.08. The highest BCUT2D eigenvalue weighted by Crippen LogP contribution is 2.43. The van der Waals surface area contributed by atoms with E-state index in [2.05, 4.69) is 17.2 Å². The third-order valence-electron chi connectivity index (χ3n) is 5.08. The first kappa shape index (κ1) is 13.4. The van der Waals surface area contributed by atoms with Crippen LogP contribution < -0.4 is 5.32 Å². The number of carbonyl (C=O) groups is 1. The van der Waals surface area contributed by atoms with Gasteiger partial charge in [0.1, 0.15) is 11.4 Å². The molecule has 0 radical (unpaired) electrons. The topological polar surface area (TPSA) is 62.2 Å². The number of carboxylic acids is 1. The predicted molar refractivity (Wildman–Crippen MR) is 78.3 cm³/mol. The van der Waals surface area contributed by atoms with Crippen LogP contribution in [0.25, 0.3) is 0 Å². The SMILES string of the molecule is CCC1(CNc2nc3c(cc2C(=O)O)CCC3)CCC1. The van der Waals surface area contributed by atoms with Crippen LogP contribution in [0.15, 0.2) is 6.07 Å². The molecule has 0 spiro atoms. The summed E-state index contributed by atoms with van der Waals surface area (Å²) in [6, 6.07) is 1.82. The van der Waals surface area contributed by atoms with E-state index in [-0.39, 0.29) is 0 Å². The number of fused-ring (bicyclic) bond motifs is 1. The van der Waals surface area contributed by atoms with Crippen molar-refractivity contribution >= 4 is 11.8 Å². The van der Waals surface area contributed by atoms with Crippen LogP contribution in [0.1, 0.15) is 60.6 Å². The molecule has 0 amide bonds. The van der Waals surface area contributed by atoms with Crippen LogP contribution in [0.3, 0.4) is 0 Å². The minimum absolute atomic E-state index is 0.330. The minimum atomic E-state index is -0.881. The van der Waals surface area contributed by atoms with E-state index in [1.807, 2.05) is 6.07 Å². The molecule has 0 unspecified atom stereocenters. The molecule has 0 saturated heterocycles. The Bertz CT molecular complexity index is 530. The van der Waals surface area contributed by atoms with Crippen LogP contribution in [0.5, 0.6) is 0 Å². The molecule has 0 aromatic carbocycles. The van der Waals surface area contributed by atoms with Crippen molar-refractivity contribution in [3.63, 3.8) is 0 Å². The van der Waals surface area contributed by atoms with Crippen LogP contribution in [0, 0.1) is 5.41 Å². The van der Waals surface area contributed by atoms with Crippen molar-refractivity contribution < 1.29 is 9.90 Å². The Kier molecular flexibility index (Phi) is 3.40. The molecule has 2 N–H and O–H groups in total. The lowest BCUT2D eigenvalue weighted by molar-refractivity contribution is 0.0697. The number of aromatic carboxylic acids is 1. The molecule has 4 nitrogen and oxygen atoms in total. The minimum Gasteiger partial charge on any atom is -0.478 e. The van der Waals surface area contributed by atoms with Crippen LogP contribution in [-0.4, -0.2) is 22.6 Å². The molecule has 3 rings (SSSR count). The Balaban J connectivity index is 1.82. The zero-order valence-electron chi connectivity index (χ0n) is 12.0. The molecule has 1 heterocycles. The Hall–Kier alpha value is -1.58. The molecule has 1 aromatic heterocycles. The fourth-order valence-electron chi connectivity index (χ4n) is 3.37. The summed E-state index contributed by atoms with van der Waals surface area (Å²) in [5.41, 5.74) is 2.88. The number of rotatable bonds is 5. The first-order valence-corrected chi connectivity index (χ1v) is 7.63. The molecule has 108 valence electrons. The normalized spacial score (nSPS) is 19.2. The zero-order valence-corrected chi connectivity index (χ0v) is 12.0. The molecule has 1 saturated carbocycles. The third kappa shape index (κ3) is 2.28.